The zero-order chi connectivity index (χ0) is 21.2. The Bertz CT molecular complexity index is 994. The summed E-state index contributed by atoms with van der Waals surface area (Å²) in [6.45, 7) is 1.83. The summed E-state index contributed by atoms with van der Waals surface area (Å²) in [5, 5.41) is 3.34. The average molecular weight is 439 g/mol. The Hall–Kier alpha value is -2.45. The molecule has 3 rings (SSSR count). The third kappa shape index (κ3) is 4.76. The van der Waals surface area contributed by atoms with Crippen molar-refractivity contribution in [2.75, 3.05) is 24.2 Å². The minimum atomic E-state index is -3.62. The highest BCUT2D eigenvalue weighted by Gasteiger charge is 2.35. The zero-order valence-corrected chi connectivity index (χ0v) is 18.0. The molecule has 0 aliphatic carbocycles. The minimum absolute atomic E-state index is 0.128. The van der Waals surface area contributed by atoms with E-state index in [4.69, 9.17) is 21.1 Å². The second-order valence-corrected chi connectivity index (χ2v) is 9.10. The van der Waals surface area contributed by atoms with Crippen molar-refractivity contribution in [2.24, 2.45) is 0 Å². The monoisotopic (exact) mass is 438 g/mol. The third-order valence-electron chi connectivity index (χ3n) is 4.73. The van der Waals surface area contributed by atoms with Gasteiger partial charge in [0, 0.05) is 5.02 Å². The van der Waals surface area contributed by atoms with Crippen molar-refractivity contribution < 1.29 is 22.7 Å². The smallest absolute Gasteiger partial charge is 0.263 e. The van der Waals surface area contributed by atoms with Crippen LogP contribution in [-0.2, 0) is 14.8 Å². The summed E-state index contributed by atoms with van der Waals surface area (Å²) in [4.78, 5) is 12.9. The lowest BCUT2D eigenvalue weighted by molar-refractivity contribution is -0.128. The Balaban J connectivity index is 1.82. The lowest BCUT2D eigenvalue weighted by Crippen LogP contribution is -2.51. The molecule has 2 atom stereocenters. The number of halogens is 1. The Morgan fingerprint density at radius 3 is 2.59 bits per heavy atom. The van der Waals surface area contributed by atoms with Crippen LogP contribution in [-0.4, -0.2) is 40.3 Å². The van der Waals surface area contributed by atoms with Crippen LogP contribution in [0.25, 0.3) is 0 Å². The molecule has 0 bridgehead atoms. The quantitative estimate of drug-likeness (QED) is 0.748. The van der Waals surface area contributed by atoms with E-state index in [0.717, 1.165) is 21.9 Å². The van der Waals surface area contributed by atoms with Crippen molar-refractivity contribution in [1.29, 1.82) is 0 Å². The van der Waals surface area contributed by atoms with Crippen molar-refractivity contribution in [3.8, 4) is 11.5 Å². The van der Waals surface area contributed by atoms with Crippen molar-refractivity contribution in [1.82, 2.24) is 5.32 Å². The number of methoxy groups -OCH3 is 1. The Morgan fingerprint density at radius 1 is 1.31 bits per heavy atom. The number of hydrogen-bond acceptors (Lipinski definition) is 5. The first-order valence-electron chi connectivity index (χ1n) is 9.11. The highest BCUT2D eigenvalue weighted by Crippen LogP contribution is 2.37. The van der Waals surface area contributed by atoms with Crippen LogP contribution in [0.4, 0.5) is 5.69 Å². The Kier molecular flexibility index (Phi) is 6.24. The molecule has 156 valence electrons. The number of benzene rings is 2. The molecule has 7 nitrogen and oxygen atoms in total. The average Bonchev–Trinajstić information content (AvgIpc) is 2.70. The van der Waals surface area contributed by atoms with Gasteiger partial charge in [0.1, 0.15) is 11.5 Å². The highest BCUT2D eigenvalue weighted by molar-refractivity contribution is 7.92. The summed E-state index contributed by atoms with van der Waals surface area (Å²) < 4.78 is 36.7. The van der Waals surface area contributed by atoms with Gasteiger partial charge >= 0.3 is 0 Å². The van der Waals surface area contributed by atoms with E-state index in [9.17, 15) is 13.2 Å². The molecule has 1 aliphatic rings. The van der Waals surface area contributed by atoms with Crippen LogP contribution >= 0.6 is 11.6 Å². The molecular formula is C20H23ClN2O5S. The summed E-state index contributed by atoms with van der Waals surface area (Å²) in [5.41, 5.74) is 1.25. The fraction of sp³-hybridized carbons (Fsp3) is 0.350. The van der Waals surface area contributed by atoms with Gasteiger partial charge in [-0.25, -0.2) is 8.42 Å². The van der Waals surface area contributed by atoms with Gasteiger partial charge in [0.05, 0.1) is 31.6 Å². The van der Waals surface area contributed by atoms with Crippen LogP contribution in [0.5, 0.6) is 11.5 Å². The van der Waals surface area contributed by atoms with Crippen molar-refractivity contribution in [2.45, 2.75) is 25.5 Å². The number of fused-ring (bicyclic) bond motifs is 1. The SMILES string of the molecule is CC[C@H](NC(=O)[C@@H]1CN(S(C)(=O)=O)c2cc(Cl)ccc2O1)c1ccc(OC)cc1. The predicted octanol–water partition coefficient (Wildman–Crippen LogP) is 3.14. The Morgan fingerprint density at radius 2 is 2.00 bits per heavy atom. The summed E-state index contributed by atoms with van der Waals surface area (Å²) in [6, 6.07) is 11.8. The van der Waals surface area contributed by atoms with Gasteiger partial charge in [-0.1, -0.05) is 30.7 Å². The molecular weight excluding hydrogens is 416 g/mol. The first-order chi connectivity index (χ1) is 13.7. The van der Waals surface area contributed by atoms with Crippen molar-refractivity contribution in [3.63, 3.8) is 0 Å². The van der Waals surface area contributed by atoms with Crippen LogP contribution < -0.4 is 19.1 Å². The predicted molar refractivity (Wildman–Crippen MR) is 112 cm³/mol. The van der Waals surface area contributed by atoms with E-state index in [1.54, 1.807) is 19.2 Å². The number of rotatable bonds is 6. The second kappa shape index (κ2) is 8.51. The van der Waals surface area contributed by atoms with E-state index in [1.165, 1.54) is 6.07 Å². The maximum Gasteiger partial charge on any atom is 0.263 e. The minimum Gasteiger partial charge on any atom is -0.497 e. The van der Waals surface area contributed by atoms with E-state index in [-0.39, 0.29) is 18.5 Å². The van der Waals surface area contributed by atoms with Crippen molar-refractivity contribution >= 4 is 33.2 Å². The number of sulfonamides is 1. The molecule has 2 aromatic rings. The molecule has 0 radical (unpaired) electrons. The number of nitrogens with one attached hydrogen (secondary N) is 1. The maximum atomic E-state index is 12.9. The molecule has 29 heavy (non-hydrogen) atoms. The largest absolute Gasteiger partial charge is 0.497 e. The topological polar surface area (TPSA) is 84.9 Å². The molecule has 1 amide bonds. The van der Waals surface area contributed by atoms with Crippen molar-refractivity contribution in [3.05, 3.63) is 53.1 Å². The van der Waals surface area contributed by atoms with Gasteiger partial charge < -0.3 is 14.8 Å². The first-order valence-corrected chi connectivity index (χ1v) is 11.3. The van der Waals surface area contributed by atoms with Gasteiger partial charge in [-0.3, -0.25) is 9.10 Å². The fourth-order valence-corrected chi connectivity index (χ4v) is 4.27. The molecule has 1 heterocycles. The summed E-state index contributed by atoms with van der Waals surface area (Å²) in [5.74, 6) is 0.634. The standard InChI is InChI=1S/C20H23ClN2O5S/c1-4-16(13-5-8-15(27-2)9-6-13)22-20(24)19-12-23(29(3,25)26)17-11-14(21)7-10-18(17)28-19/h5-11,16,19H,4,12H2,1-3H3,(H,22,24)/t16-,19-/m0/s1. The molecule has 0 saturated carbocycles. The fourth-order valence-electron chi connectivity index (χ4n) is 3.20. The third-order valence-corrected chi connectivity index (χ3v) is 6.11. The number of hydrogen-bond donors (Lipinski definition) is 1. The van der Waals surface area contributed by atoms with E-state index in [0.29, 0.717) is 22.9 Å². The molecule has 9 heteroatoms. The Labute approximate surface area is 175 Å². The number of ether oxygens (including phenoxy) is 2. The second-order valence-electron chi connectivity index (χ2n) is 6.76. The summed E-state index contributed by atoms with van der Waals surface area (Å²) in [6.07, 6.45) is 0.766. The molecule has 1 N–H and O–H groups in total. The van der Waals surface area contributed by atoms with Crippen LogP contribution in [0.1, 0.15) is 24.9 Å². The van der Waals surface area contributed by atoms with Gasteiger partial charge in [-0.05, 0) is 42.3 Å². The van der Waals surface area contributed by atoms with Gasteiger partial charge in [0.25, 0.3) is 5.91 Å². The normalized spacial score (nSPS) is 17.1. The van der Waals surface area contributed by atoms with Crippen LogP contribution in [0.15, 0.2) is 42.5 Å². The number of amides is 1. The number of anilines is 1. The summed E-state index contributed by atoms with van der Waals surface area (Å²) >= 11 is 6.00. The molecule has 0 fully saturated rings. The van der Waals surface area contributed by atoms with E-state index in [2.05, 4.69) is 5.32 Å². The van der Waals surface area contributed by atoms with Gasteiger partial charge in [0.15, 0.2) is 6.10 Å². The summed E-state index contributed by atoms with van der Waals surface area (Å²) in [7, 11) is -2.03. The lowest BCUT2D eigenvalue weighted by Gasteiger charge is -2.34. The first kappa shape index (κ1) is 21.3. The van der Waals surface area contributed by atoms with E-state index < -0.39 is 16.1 Å². The number of carbonyl (C=O) groups excluding carboxylic acids is 1. The van der Waals surface area contributed by atoms with Crippen LogP contribution in [0, 0.1) is 0 Å². The van der Waals surface area contributed by atoms with E-state index in [1.807, 2.05) is 31.2 Å². The highest BCUT2D eigenvalue weighted by atomic mass is 35.5. The van der Waals surface area contributed by atoms with E-state index >= 15 is 0 Å². The molecule has 1 aliphatic heterocycles. The maximum absolute atomic E-state index is 12.9. The molecule has 0 spiro atoms. The van der Waals surface area contributed by atoms with Gasteiger partial charge in [0.2, 0.25) is 10.0 Å². The van der Waals surface area contributed by atoms with Crippen LogP contribution in [0.3, 0.4) is 0 Å². The number of carbonyl (C=O) groups is 1. The molecule has 2 aromatic carbocycles. The van der Waals surface area contributed by atoms with Gasteiger partial charge in [-0.2, -0.15) is 0 Å². The molecule has 0 aromatic heterocycles. The zero-order valence-electron chi connectivity index (χ0n) is 16.4. The lowest BCUT2D eigenvalue weighted by atomic mass is 10.0. The van der Waals surface area contributed by atoms with Gasteiger partial charge in [-0.15, -0.1) is 0 Å². The molecule has 0 saturated heterocycles. The molecule has 0 unspecified atom stereocenters. The number of nitrogens with zero attached hydrogens (tertiary/aromatic N) is 1. The van der Waals surface area contributed by atoms with Crippen LogP contribution in [0.2, 0.25) is 5.02 Å².